The van der Waals surface area contributed by atoms with Gasteiger partial charge in [0.05, 0.1) is 11.3 Å². The van der Waals surface area contributed by atoms with Gasteiger partial charge in [-0.05, 0) is 19.4 Å². The predicted molar refractivity (Wildman–Crippen MR) is 86.2 cm³/mol. The number of alkyl carbamates (subject to hydrolysis) is 1. The number of hydrogen-bond donors (Lipinski definition) is 2. The summed E-state index contributed by atoms with van der Waals surface area (Å²) in [4.78, 5) is 34.3. The molecule has 7 nitrogen and oxygen atoms in total. The number of aliphatic carboxylic acids is 1. The van der Waals surface area contributed by atoms with Gasteiger partial charge in [-0.25, -0.2) is 4.79 Å². The number of amides is 1. The van der Waals surface area contributed by atoms with Gasteiger partial charge in [-0.2, -0.15) is 0 Å². The van der Waals surface area contributed by atoms with Gasteiger partial charge in [0, 0.05) is 6.54 Å². The van der Waals surface area contributed by atoms with Gasteiger partial charge in [0.1, 0.15) is 13.2 Å². The highest BCUT2D eigenvalue weighted by Gasteiger charge is 2.30. The van der Waals surface area contributed by atoms with Crippen LogP contribution in [0, 0.1) is 11.3 Å². The van der Waals surface area contributed by atoms with Crippen LogP contribution in [0.2, 0.25) is 0 Å². The maximum absolute atomic E-state index is 11.8. The minimum Gasteiger partial charge on any atom is -0.481 e. The van der Waals surface area contributed by atoms with Gasteiger partial charge >= 0.3 is 18.0 Å². The Kier molecular flexibility index (Phi) is 7.23. The number of benzene rings is 1. The molecule has 0 radical (unpaired) electrons. The Morgan fingerprint density at radius 2 is 1.79 bits per heavy atom. The Hall–Kier alpha value is -2.57. The topological polar surface area (TPSA) is 102 Å². The molecule has 0 aliphatic rings. The second-order valence-electron chi connectivity index (χ2n) is 6.14. The van der Waals surface area contributed by atoms with Crippen molar-refractivity contribution in [3.8, 4) is 0 Å². The lowest BCUT2D eigenvalue weighted by Crippen LogP contribution is -2.35. The van der Waals surface area contributed by atoms with Crippen molar-refractivity contribution < 1.29 is 29.0 Å². The van der Waals surface area contributed by atoms with Gasteiger partial charge in [0.2, 0.25) is 0 Å². The molecule has 2 N–H and O–H groups in total. The third kappa shape index (κ3) is 6.68. The maximum atomic E-state index is 11.8. The highest BCUT2D eigenvalue weighted by atomic mass is 16.5. The van der Waals surface area contributed by atoms with Crippen molar-refractivity contribution in [3.05, 3.63) is 35.9 Å². The molecule has 24 heavy (non-hydrogen) atoms. The summed E-state index contributed by atoms with van der Waals surface area (Å²) in [7, 11) is 0. The lowest BCUT2D eigenvalue weighted by molar-refractivity contribution is -0.158. The third-order valence-electron chi connectivity index (χ3n) is 3.32. The molecule has 132 valence electrons. The first kappa shape index (κ1) is 19.5. The van der Waals surface area contributed by atoms with Crippen LogP contribution in [0.5, 0.6) is 0 Å². The Morgan fingerprint density at radius 1 is 1.17 bits per heavy atom. The first-order valence-electron chi connectivity index (χ1n) is 7.57. The van der Waals surface area contributed by atoms with Crippen LogP contribution >= 0.6 is 0 Å². The molecule has 1 rings (SSSR count). The average Bonchev–Trinajstić information content (AvgIpc) is 2.56. The number of nitrogens with one attached hydrogen (secondary N) is 1. The zero-order chi connectivity index (χ0) is 18.2. The molecule has 0 fully saturated rings. The summed E-state index contributed by atoms with van der Waals surface area (Å²) in [5.74, 6) is -2.24. The Balaban J connectivity index is 2.29. The summed E-state index contributed by atoms with van der Waals surface area (Å²) in [6, 6.07) is 9.21. The number of carboxylic acids is 1. The van der Waals surface area contributed by atoms with Crippen molar-refractivity contribution >= 4 is 18.0 Å². The van der Waals surface area contributed by atoms with E-state index in [1.54, 1.807) is 6.92 Å². The molecule has 7 heteroatoms. The summed E-state index contributed by atoms with van der Waals surface area (Å²) >= 11 is 0. The van der Waals surface area contributed by atoms with Crippen LogP contribution in [0.4, 0.5) is 4.79 Å². The van der Waals surface area contributed by atoms with Crippen molar-refractivity contribution in [2.45, 2.75) is 27.4 Å². The highest BCUT2D eigenvalue weighted by Crippen LogP contribution is 2.16. The fraction of sp³-hybridized carbons (Fsp3) is 0.471. The fourth-order valence-electron chi connectivity index (χ4n) is 1.55. The summed E-state index contributed by atoms with van der Waals surface area (Å²) in [5.41, 5.74) is -0.298. The van der Waals surface area contributed by atoms with Crippen molar-refractivity contribution in [3.63, 3.8) is 0 Å². The number of rotatable bonds is 8. The molecule has 1 amide bonds. The van der Waals surface area contributed by atoms with E-state index in [2.05, 4.69) is 5.32 Å². The number of carboxylic acid groups (broad SMARTS) is 1. The van der Waals surface area contributed by atoms with E-state index in [0.717, 1.165) is 5.56 Å². The van der Waals surface area contributed by atoms with Crippen molar-refractivity contribution in [1.82, 2.24) is 5.32 Å². The monoisotopic (exact) mass is 337 g/mol. The first-order valence-corrected chi connectivity index (χ1v) is 7.57. The molecule has 1 aromatic rings. The van der Waals surface area contributed by atoms with E-state index in [-0.39, 0.29) is 19.8 Å². The molecule has 1 aromatic carbocycles. The van der Waals surface area contributed by atoms with E-state index in [4.69, 9.17) is 14.6 Å². The number of hydrogen-bond acceptors (Lipinski definition) is 5. The second-order valence-corrected chi connectivity index (χ2v) is 6.14. The fourth-order valence-corrected chi connectivity index (χ4v) is 1.55. The van der Waals surface area contributed by atoms with Crippen LogP contribution in [0.3, 0.4) is 0 Å². The quantitative estimate of drug-likeness (QED) is 0.705. The minimum absolute atomic E-state index is 0.0416. The largest absolute Gasteiger partial charge is 0.481 e. The molecule has 0 saturated heterocycles. The Labute approximate surface area is 141 Å². The number of ether oxygens (including phenoxy) is 2. The molecule has 0 saturated carbocycles. The zero-order valence-electron chi connectivity index (χ0n) is 14.1. The van der Waals surface area contributed by atoms with Crippen LogP contribution in [0.15, 0.2) is 30.3 Å². The van der Waals surface area contributed by atoms with E-state index in [1.165, 1.54) is 13.8 Å². The third-order valence-corrected chi connectivity index (χ3v) is 3.32. The average molecular weight is 337 g/mol. The summed E-state index contributed by atoms with van der Waals surface area (Å²) in [6.45, 7) is 4.45. The SMILES string of the molecule is CC(CNC(=O)OCc1ccccc1)C(=O)OCC(C)(C)C(=O)O. The van der Waals surface area contributed by atoms with Crippen LogP contribution in [0.25, 0.3) is 0 Å². The van der Waals surface area contributed by atoms with E-state index < -0.39 is 29.4 Å². The molecule has 0 aliphatic carbocycles. The molecule has 0 aromatic heterocycles. The molecular weight excluding hydrogens is 314 g/mol. The van der Waals surface area contributed by atoms with Gasteiger partial charge in [-0.3, -0.25) is 9.59 Å². The number of carbonyl (C=O) groups is 3. The normalized spacial score (nSPS) is 12.1. The predicted octanol–water partition coefficient (Wildman–Crippen LogP) is 2.20. The van der Waals surface area contributed by atoms with Crippen molar-refractivity contribution in [2.75, 3.05) is 13.2 Å². The first-order chi connectivity index (χ1) is 11.2. The molecule has 1 atom stereocenters. The summed E-state index contributed by atoms with van der Waals surface area (Å²) < 4.78 is 10.0. The summed E-state index contributed by atoms with van der Waals surface area (Å²) in [6.07, 6.45) is -0.635. The van der Waals surface area contributed by atoms with Gasteiger partial charge < -0.3 is 19.9 Å². The Bertz CT molecular complexity index is 570. The van der Waals surface area contributed by atoms with Crippen LogP contribution < -0.4 is 5.32 Å². The molecule has 1 unspecified atom stereocenters. The molecular formula is C17H23NO6. The molecule has 0 spiro atoms. The molecule has 0 heterocycles. The smallest absolute Gasteiger partial charge is 0.407 e. The van der Waals surface area contributed by atoms with E-state index >= 15 is 0 Å². The molecule has 0 aliphatic heterocycles. The van der Waals surface area contributed by atoms with Crippen LogP contribution in [0.1, 0.15) is 26.3 Å². The zero-order valence-corrected chi connectivity index (χ0v) is 14.1. The second kappa shape index (κ2) is 8.90. The minimum atomic E-state index is -1.16. The lowest BCUT2D eigenvalue weighted by atomic mass is 9.95. The molecule has 0 bridgehead atoms. The van der Waals surface area contributed by atoms with Gasteiger partial charge in [-0.15, -0.1) is 0 Å². The van der Waals surface area contributed by atoms with E-state index in [1.807, 2.05) is 30.3 Å². The highest BCUT2D eigenvalue weighted by molar-refractivity contribution is 5.76. The Morgan fingerprint density at radius 3 is 2.38 bits per heavy atom. The summed E-state index contributed by atoms with van der Waals surface area (Å²) in [5, 5.41) is 11.4. The van der Waals surface area contributed by atoms with E-state index in [0.29, 0.717) is 0 Å². The van der Waals surface area contributed by atoms with Gasteiger partial charge in [-0.1, -0.05) is 37.3 Å². The lowest BCUT2D eigenvalue weighted by Gasteiger charge is -2.20. The standard InChI is InChI=1S/C17H23NO6/c1-12(14(19)24-11-17(2,3)15(20)21)9-18-16(22)23-10-13-7-5-4-6-8-13/h4-8,12H,9-11H2,1-3H3,(H,18,22)(H,20,21). The van der Waals surface area contributed by atoms with Crippen molar-refractivity contribution in [2.24, 2.45) is 11.3 Å². The maximum Gasteiger partial charge on any atom is 0.407 e. The van der Waals surface area contributed by atoms with Gasteiger partial charge in [0.15, 0.2) is 0 Å². The van der Waals surface area contributed by atoms with E-state index in [9.17, 15) is 14.4 Å². The van der Waals surface area contributed by atoms with Gasteiger partial charge in [0.25, 0.3) is 0 Å². The van der Waals surface area contributed by atoms with Crippen LogP contribution in [-0.2, 0) is 25.7 Å². The number of esters is 1. The van der Waals surface area contributed by atoms with Crippen molar-refractivity contribution in [1.29, 1.82) is 0 Å². The van der Waals surface area contributed by atoms with Crippen LogP contribution in [-0.4, -0.2) is 36.3 Å². The number of carbonyl (C=O) groups excluding carboxylic acids is 2.